The van der Waals surface area contributed by atoms with Gasteiger partial charge in [-0.05, 0) is 37.0 Å². The summed E-state index contributed by atoms with van der Waals surface area (Å²) in [6.07, 6.45) is -1.92. The summed E-state index contributed by atoms with van der Waals surface area (Å²) >= 11 is 0. The standard InChI is InChI=1S/C9H13F3/c1-5-2-8(9(10,11)12)7-3-6(5)4-7/h5-8H,2-4H2,1H3/t5-,6?,7?,8?/m0/s1. The maximum Gasteiger partial charge on any atom is 0.392 e. The Kier molecular flexibility index (Phi) is 1.67. The molecule has 3 heteroatoms. The van der Waals surface area contributed by atoms with Gasteiger partial charge in [0.1, 0.15) is 0 Å². The molecule has 0 aliphatic heterocycles. The van der Waals surface area contributed by atoms with Crippen LogP contribution in [-0.4, -0.2) is 6.18 Å². The lowest BCUT2D eigenvalue weighted by atomic mass is 9.56. The van der Waals surface area contributed by atoms with Crippen LogP contribution in [0.2, 0.25) is 0 Å². The summed E-state index contributed by atoms with van der Waals surface area (Å²) < 4.78 is 37.2. The predicted molar refractivity (Wildman–Crippen MR) is 39.5 cm³/mol. The largest absolute Gasteiger partial charge is 0.392 e. The van der Waals surface area contributed by atoms with Gasteiger partial charge >= 0.3 is 6.18 Å². The molecule has 0 nitrogen and oxygen atoms in total. The zero-order valence-electron chi connectivity index (χ0n) is 7.06. The molecule has 12 heavy (non-hydrogen) atoms. The lowest BCUT2D eigenvalue weighted by Gasteiger charge is -2.50. The lowest BCUT2D eigenvalue weighted by Crippen LogP contribution is -2.47. The van der Waals surface area contributed by atoms with Crippen molar-refractivity contribution in [3.8, 4) is 0 Å². The number of rotatable bonds is 0. The van der Waals surface area contributed by atoms with Crippen molar-refractivity contribution in [2.24, 2.45) is 23.7 Å². The molecular weight excluding hydrogens is 165 g/mol. The third kappa shape index (κ3) is 1.14. The molecule has 3 fully saturated rings. The lowest BCUT2D eigenvalue weighted by molar-refractivity contribution is -0.224. The Balaban J connectivity index is 2.07. The molecule has 0 heterocycles. The molecule has 2 atom stereocenters. The van der Waals surface area contributed by atoms with E-state index in [1.54, 1.807) is 0 Å². The monoisotopic (exact) mass is 178 g/mol. The maximum absolute atomic E-state index is 12.4. The molecule has 0 aromatic carbocycles. The molecule has 3 saturated carbocycles. The normalized spacial score (nSPS) is 47.0. The molecule has 0 aromatic rings. The fraction of sp³-hybridized carbons (Fsp3) is 1.00. The van der Waals surface area contributed by atoms with E-state index >= 15 is 0 Å². The Bertz CT molecular complexity index is 179. The SMILES string of the molecule is C[C@H]1CC(C(F)(F)F)C2CC1C2. The first-order valence-electron chi connectivity index (χ1n) is 4.55. The second-order valence-electron chi connectivity index (χ2n) is 4.35. The number of alkyl halides is 3. The molecule has 0 radical (unpaired) electrons. The van der Waals surface area contributed by atoms with E-state index in [0.29, 0.717) is 18.3 Å². The van der Waals surface area contributed by atoms with Crippen LogP contribution in [0.3, 0.4) is 0 Å². The van der Waals surface area contributed by atoms with Crippen molar-refractivity contribution in [3.05, 3.63) is 0 Å². The Morgan fingerprint density at radius 3 is 1.92 bits per heavy atom. The van der Waals surface area contributed by atoms with Gasteiger partial charge < -0.3 is 0 Å². The summed E-state index contributed by atoms with van der Waals surface area (Å²) in [6.45, 7) is 1.96. The van der Waals surface area contributed by atoms with E-state index < -0.39 is 12.1 Å². The van der Waals surface area contributed by atoms with Gasteiger partial charge in [0.2, 0.25) is 0 Å². The minimum absolute atomic E-state index is 0.0359. The summed E-state index contributed by atoms with van der Waals surface area (Å²) in [5.41, 5.74) is 0. The van der Waals surface area contributed by atoms with Gasteiger partial charge in [-0.2, -0.15) is 13.2 Å². The van der Waals surface area contributed by atoms with Crippen molar-refractivity contribution in [2.75, 3.05) is 0 Å². The molecule has 0 N–H and O–H groups in total. The number of hydrogen-bond acceptors (Lipinski definition) is 0. The van der Waals surface area contributed by atoms with Crippen molar-refractivity contribution >= 4 is 0 Å². The average molecular weight is 178 g/mol. The molecule has 70 valence electrons. The first-order valence-corrected chi connectivity index (χ1v) is 4.55. The quantitative estimate of drug-likeness (QED) is 0.534. The van der Waals surface area contributed by atoms with Crippen LogP contribution in [0.5, 0.6) is 0 Å². The van der Waals surface area contributed by atoms with E-state index in [1.165, 1.54) is 0 Å². The van der Waals surface area contributed by atoms with Crippen LogP contribution in [0.1, 0.15) is 26.2 Å². The van der Waals surface area contributed by atoms with Gasteiger partial charge in [0.15, 0.2) is 0 Å². The summed E-state index contributed by atoms with van der Waals surface area (Å²) in [5.74, 6) is -0.126. The van der Waals surface area contributed by atoms with Gasteiger partial charge in [-0.3, -0.25) is 0 Å². The highest BCUT2D eigenvalue weighted by molar-refractivity contribution is 4.96. The van der Waals surface area contributed by atoms with Crippen LogP contribution >= 0.6 is 0 Å². The van der Waals surface area contributed by atoms with E-state index in [4.69, 9.17) is 0 Å². The molecule has 1 unspecified atom stereocenters. The van der Waals surface area contributed by atoms with Crippen LogP contribution in [0.4, 0.5) is 13.2 Å². The van der Waals surface area contributed by atoms with Gasteiger partial charge in [0.25, 0.3) is 0 Å². The Morgan fingerprint density at radius 1 is 1.00 bits per heavy atom. The van der Waals surface area contributed by atoms with Crippen LogP contribution in [0.25, 0.3) is 0 Å². The summed E-state index contributed by atoms with van der Waals surface area (Å²) in [6, 6.07) is 0. The van der Waals surface area contributed by atoms with Gasteiger partial charge in [0.05, 0.1) is 5.92 Å². The van der Waals surface area contributed by atoms with Gasteiger partial charge in [-0.15, -0.1) is 0 Å². The van der Waals surface area contributed by atoms with Gasteiger partial charge in [-0.25, -0.2) is 0 Å². The number of halogens is 3. The number of hydrogen-bond donors (Lipinski definition) is 0. The van der Waals surface area contributed by atoms with Crippen LogP contribution in [0.15, 0.2) is 0 Å². The molecule has 0 amide bonds. The smallest absolute Gasteiger partial charge is 0.171 e. The van der Waals surface area contributed by atoms with Crippen molar-refractivity contribution in [3.63, 3.8) is 0 Å². The molecular formula is C9H13F3. The third-order valence-corrected chi connectivity index (χ3v) is 3.63. The second kappa shape index (κ2) is 2.39. The van der Waals surface area contributed by atoms with Crippen molar-refractivity contribution in [1.82, 2.24) is 0 Å². The highest BCUT2D eigenvalue weighted by Gasteiger charge is 2.54. The summed E-state index contributed by atoms with van der Waals surface area (Å²) in [7, 11) is 0. The van der Waals surface area contributed by atoms with Gasteiger partial charge in [0, 0.05) is 0 Å². The van der Waals surface area contributed by atoms with Crippen LogP contribution < -0.4 is 0 Å². The second-order valence-corrected chi connectivity index (χ2v) is 4.35. The maximum atomic E-state index is 12.4. The molecule has 0 aromatic heterocycles. The van der Waals surface area contributed by atoms with E-state index in [-0.39, 0.29) is 5.92 Å². The zero-order chi connectivity index (χ0) is 8.93. The third-order valence-electron chi connectivity index (χ3n) is 3.63. The highest BCUT2D eigenvalue weighted by Crippen LogP contribution is 2.56. The summed E-state index contributed by atoms with van der Waals surface area (Å²) in [5, 5.41) is 0. The Morgan fingerprint density at radius 2 is 1.58 bits per heavy atom. The van der Waals surface area contributed by atoms with E-state index in [2.05, 4.69) is 0 Å². The molecule has 3 rings (SSSR count). The minimum Gasteiger partial charge on any atom is -0.171 e. The fourth-order valence-electron chi connectivity index (χ4n) is 2.69. The first-order chi connectivity index (χ1) is 5.48. The van der Waals surface area contributed by atoms with Crippen LogP contribution in [-0.2, 0) is 0 Å². The average Bonchev–Trinajstić information content (AvgIpc) is 1.81. The van der Waals surface area contributed by atoms with E-state index in [9.17, 15) is 13.2 Å². The summed E-state index contributed by atoms with van der Waals surface area (Å²) in [4.78, 5) is 0. The molecule has 2 bridgehead atoms. The van der Waals surface area contributed by atoms with Crippen molar-refractivity contribution in [2.45, 2.75) is 32.4 Å². The minimum atomic E-state index is -3.94. The van der Waals surface area contributed by atoms with Gasteiger partial charge in [-0.1, -0.05) is 6.92 Å². The molecule has 3 aliphatic carbocycles. The molecule has 0 saturated heterocycles. The fourth-order valence-corrected chi connectivity index (χ4v) is 2.69. The Hall–Kier alpha value is -0.210. The van der Waals surface area contributed by atoms with Crippen LogP contribution in [0, 0.1) is 23.7 Å². The first kappa shape index (κ1) is 8.39. The number of fused-ring (bicyclic) bond motifs is 2. The topological polar surface area (TPSA) is 0 Å². The van der Waals surface area contributed by atoms with E-state index in [0.717, 1.165) is 12.8 Å². The van der Waals surface area contributed by atoms with Crippen molar-refractivity contribution < 1.29 is 13.2 Å². The van der Waals surface area contributed by atoms with Crippen molar-refractivity contribution in [1.29, 1.82) is 0 Å². The Labute approximate surface area is 70.1 Å². The zero-order valence-corrected chi connectivity index (χ0v) is 7.06. The molecule has 0 spiro atoms. The highest BCUT2D eigenvalue weighted by atomic mass is 19.4. The van der Waals surface area contributed by atoms with E-state index in [1.807, 2.05) is 6.92 Å². The predicted octanol–water partition coefficient (Wildman–Crippen LogP) is 3.23. The molecule has 3 aliphatic rings.